The van der Waals surface area contributed by atoms with Gasteiger partial charge < -0.3 is 20.3 Å². The molecule has 174 valence electrons. The van der Waals surface area contributed by atoms with E-state index in [2.05, 4.69) is 21.4 Å². The van der Waals surface area contributed by atoms with Crippen molar-refractivity contribution in [3.8, 4) is 11.1 Å². The number of amides is 1. The molecule has 2 aliphatic heterocycles. The molecule has 0 unspecified atom stereocenters. The fourth-order valence-electron chi connectivity index (χ4n) is 4.84. The molecule has 5 rings (SSSR count). The summed E-state index contributed by atoms with van der Waals surface area (Å²) in [5, 5.41) is 14.4. The first-order valence-corrected chi connectivity index (χ1v) is 11.0. The number of rotatable bonds is 3. The van der Waals surface area contributed by atoms with Gasteiger partial charge in [-0.15, -0.1) is 0 Å². The molecule has 1 saturated heterocycles. The number of pyridine rings is 1. The molecule has 4 heterocycles. The van der Waals surface area contributed by atoms with Crippen LogP contribution in [0.3, 0.4) is 0 Å². The average Bonchev–Trinajstić information content (AvgIpc) is 3.51. The first-order chi connectivity index (χ1) is 15.6. The van der Waals surface area contributed by atoms with Gasteiger partial charge in [-0.3, -0.25) is 4.79 Å². The molecule has 3 aromatic rings. The molecule has 0 aliphatic carbocycles. The van der Waals surface area contributed by atoms with E-state index in [1.165, 1.54) is 0 Å². The first-order valence-electron chi connectivity index (χ1n) is 11.0. The lowest BCUT2D eigenvalue weighted by atomic mass is 9.91. The van der Waals surface area contributed by atoms with Gasteiger partial charge in [0.25, 0.3) is 5.91 Å². The van der Waals surface area contributed by atoms with E-state index in [0.717, 1.165) is 68.7 Å². The summed E-state index contributed by atoms with van der Waals surface area (Å²) in [5.41, 5.74) is 2.90. The monoisotopic (exact) mass is 458 g/mol. The molecule has 1 amide bonds. The summed E-state index contributed by atoms with van der Waals surface area (Å²) in [7, 11) is 0. The number of aromatic amines is 1. The van der Waals surface area contributed by atoms with Crippen LogP contribution in [0.2, 0.25) is 0 Å². The van der Waals surface area contributed by atoms with Gasteiger partial charge in [-0.2, -0.15) is 13.2 Å². The van der Waals surface area contributed by atoms with Crippen LogP contribution in [-0.2, 0) is 17.9 Å². The van der Waals surface area contributed by atoms with E-state index in [1.807, 2.05) is 25.3 Å². The van der Waals surface area contributed by atoms with Gasteiger partial charge in [0.05, 0.1) is 0 Å². The number of hydrogen-bond donors (Lipinski definition) is 3. The molecular weight excluding hydrogens is 433 g/mol. The lowest BCUT2D eigenvalue weighted by Crippen LogP contribution is -2.54. The van der Waals surface area contributed by atoms with Gasteiger partial charge in [-0.05, 0) is 79.3 Å². The number of aliphatic hydroxyl groups is 1. The van der Waals surface area contributed by atoms with E-state index in [1.54, 1.807) is 6.20 Å². The Kier molecular flexibility index (Phi) is 5.02. The van der Waals surface area contributed by atoms with Crippen LogP contribution in [0.15, 0.2) is 30.6 Å². The zero-order valence-corrected chi connectivity index (χ0v) is 18.4. The maximum absolute atomic E-state index is 13.3. The second-order valence-electron chi connectivity index (χ2n) is 9.18. The third-order valence-electron chi connectivity index (χ3n) is 6.85. The molecule has 0 bridgehead atoms. The molecule has 0 spiro atoms. The molecule has 1 aromatic carbocycles. The number of nitrogens with one attached hydrogen (secondary N) is 2. The van der Waals surface area contributed by atoms with Crippen molar-refractivity contribution in [1.29, 1.82) is 0 Å². The molecule has 0 radical (unpaired) electrons. The molecular formula is C24H25F3N4O2. The molecule has 9 heteroatoms. The van der Waals surface area contributed by atoms with Gasteiger partial charge >= 0.3 is 6.18 Å². The summed E-state index contributed by atoms with van der Waals surface area (Å²) in [5.74, 6) is -1.33. The van der Waals surface area contributed by atoms with Crippen LogP contribution in [-0.4, -0.2) is 44.2 Å². The Bertz CT molecular complexity index is 1240. The van der Waals surface area contributed by atoms with E-state index < -0.39 is 17.7 Å². The van der Waals surface area contributed by atoms with Crippen LogP contribution >= 0.6 is 0 Å². The predicted octanol–water partition coefficient (Wildman–Crippen LogP) is 4.12. The van der Waals surface area contributed by atoms with Crippen molar-refractivity contribution >= 4 is 16.9 Å². The van der Waals surface area contributed by atoms with Crippen LogP contribution in [0.4, 0.5) is 13.2 Å². The Morgan fingerprint density at radius 2 is 2.00 bits per heavy atom. The van der Waals surface area contributed by atoms with E-state index in [4.69, 9.17) is 0 Å². The van der Waals surface area contributed by atoms with Crippen LogP contribution in [0.5, 0.6) is 0 Å². The number of nitrogens with zero attached hydrogens (tertiary/aromatic N) is 2. The number of halogens is 3. The normalized spacial score (nSPS) is 20.3. The van der Waals surface area contributed by atoms with E-state index >= 15 is 0 Å². The summed E-state index contributed by atoms with van der Waals surface area (Å²) < 4.78 is 39.9. The second kappa shape index (κ2) is 7.56. The molecule has 1 fully saturated rings. The summed E-state index contributed by atoms with van der Waals surface area (Å²) in [4.78, 5) is 21.4. The Hall–Kier alpha value is -2.91. The number of benzene rings is 1. The predicted molar refractivity (Wildman–Crippen MR) is 117 cm³/mol. The van der Waals surface area contributed by atoms with E-state index in [-0.39, 0.29) is 19.1 Å². The van der Waals surface area contributed by atoms with Crippen LogP contribution in [0.1, 0.15) is 48.1 Å². The number of carbonyl (C=O) groups excluding carboxylic acids is 1. The highest BCUT2D eigenvalue weighted by Gasteiger charge is 2.57. The fourth-order valence-corrected chi connectivity index (χ4v) is 4.84. The molecule has 2 aromatic heterocycles. The lowest BCUT2D eigenvalue weighted by Gasteiger charge is -2.29. The van der Waals surface area contributed by atoms with Crippen LogP contribution in [0, 0.1) is 6.92 Å². The van der Waals surface area contributed by atoms with Crippen molar-refractivity contribution < 1.29 is 23.1 Å². The molecule has 0 saturated carbocycles. The Labute approximate surface area is 188 Å². The molecule has 6 nitrogen and oxygen atoms in total. The summed E-state index contributed by atoms with van der Waals surface area (Å²) in [6, 6.07) is 6.10. The summed E-state index contributed by atoms with van der Waals surface area (Å²) in [6.07, 6.45) is 0.547. The Morgan fingerprint density at radius 1 is 1.21 bits per heavy atom. The number of aromatic nitrogens is 2. The number of alkyl halides is 3. The maximum Gasteiger partial charge on any atom is 0.426 e. The quantitative estimate of drug-likeness (QED) is 0.552. The van der Waals surface area contributed by atoms with Crippen molar-refractivity contribution in [2.24, 2.45) is 0 Å². The highest BCUT2D eigenvalue weighted by Crippen LogP contribution is 2.40. The fraction of sp³-hybridized carbons (Fsp3) is 0.417. The van der Waals surface area contributed by atoms with E-state index in [9.17, 15) is 23.1 Å². The standard InChI is InChI=1S/C24H25F3N4O2/c1-13-9-29-21-17(13)8-15(10-30-21)14-6-16-11-31(22(32)23(2,33)24(25,26)27)12-19(16)18(7-14)20-4-3-5-28-20/h6-10,20,28,33H,3-5,11-12H2,1-2H3,(H,29,30)/t20-,23-/m0/s1. The van der Waals surface area contributed by atoms with Crippen molar-refractivity contribution in [3.63, 3.8) is 0 Å². The third-order valence-corrected chi connectivity index (χ3v) is 6.85. The molecule has 33 heavy (non-hydrogen) atoms. The minimum atomic E-state index is -5.05. The maximum atomic E-state index is 13.3. The number of aryl methyl sites for hydroxylation is 1. The Balaban J connectivity index is 1.56. The van der Waals surface area contributed by atoms with Gasteiger partial charge in [0.1, 0.15) is 5.65 Å². The summed E-state index contributed by atoms with van der Waals surface area (Å²) in [6.45, 7) is 3.44. The molecule has 2 aliphatic rings. The molecule has 2 atom stereocenters. The highest BCUT2D eigenvalue weighted by molar-refractivity contribution is 5.87. The third kappa shape index (κ3) is 3.59. The smallest absolute Gasteiger partial charge is 0.373 e. The number of fused-ring (bicyclic) bond motifs is 2. The van der Waals surface area contributed by atoms with Gasteiger partial charge in [-0.25, -0.2) is 4.98 Å². The SMILES string of the molecule is Cc1c[nH]c2ncc(-c3cc4c(c([C@@H]5CCCN5)c3)CN(C(=O)[C@](C)(O)C(F)(F)F)C4)cc12. The van der Waals surface area contributed by atoms with Gasteiger partial charge in [-0.1, -0.05) is 0 Å². The van der Waals surface area contributed by atoms with Crippen molar-refractivity contribution in [3.05, 3.63) is 52.8 Å². The summed E-state index contributed by atoms with van der Waals surface area (Å²) >= 11 is 0. The first kappa shape index (κ1) is 21.9. The number of hydrogen-bond acceptors (Lipinski definition) is 4. The second-order valence-corrected chi connectivity index (χ2v) is 9.18. The lowest BCUT2D eigenvalue weighted by molar-refractivity contribution is -0.250. The molecule has 3 N–H and O–H groups in total. The van der Waals surface area contributed by atoms with Gasteiger partial charge in [0.2, 0.25) is 5.60 Å². The van der Waals surface area contributed by atoms with Gasteiger partial charge in [0, 0.05) is 42.5 Å². The average molecular weight is 458 g/mol. The highest BCUT2D eigenvalue weighted by atomic mass is 19.4. The minimum Gasteiger partial charge on any atom is -0.373 e. The zero-order chi connectivity index (χ0) is 23.5. The van der Waals surface area contributed by atoms with Gasteiger partial charge in [0.15, 0.2) is 0 Å². The van der Waals surface area contributed by atoms with Crippen LogP contribution < -0.4 is 5.32 Å². The van der Waals surface area contributed by atoms with Crippen LogP contribution in [0.25, 0.3) is 22.2 Å². The van der Waals surface area contributed by atoms with Crippen molar-refractivity contribution in [2.45, 2.75) is 57.6 Å². The zero-order valence-electron chi connectivity index (χ0n) is 18.4. The van der Waals surface area contributed by atoms with Crippen molar-refractivity contribution in [2.75, 3.05) is 6.54 Å². The Morgan fingerprint density at radius 3 is 2.70 bits per heavy atom. The van der Waals surface area contributed by atoms with E-state index in [0.29, 0.717) is 6.92 Å². The largest absolute Gasteiger partial charge is 0.426 e. The minimum absolute atomic E-state index is 0.0206. The topological polar surface area (TPSA) is 81.2 Å². The van der Waals surface area contributed by atoms with Crippen molar-refractivity contribution in [1.82, 2.24) is 20.2 Å². The number of carbonyl (C=O) groups is 1. The number of H-pyrrole nitrogens is 1.